The number of para-hydroxylation sites is 1. The van der Waals surface area contributed by atoms with Crippen LogP contribution in [-0.2, 0) is 9.59 Å². The van der Waals surface area contributed by atoms with Crippen molar-refractivity contribution in [2.45, 2.75) is 6.04 Å². The number of rotatable bonds is 5. The number of anilines is 1. The predicted octanol–water partition coefficient (Wildman–Crippen LogP) is 4.33. The van der Waals surface area contributed by atoms with Gasteiger partial charge in [-0.1, -0.05) is 48.5 Å². The number of ether oxygens (including phenoxy) is 2. The average Bonchev–Trinajstić information content (AvgIpc) is 3.09. The van der Waals surface area contributed by atoms with E-state index in [0.717, 1.165) is 0 Å². The molecular weight excluding hydrogens is 394 g/mol. The Hall–Kier alpha value is -4.06. The lowest BCUT2D eigenvalue weighted by Crippen LogP contribution is -2.29. The third-order valence-corrected chi connectivity index (χ3v) is 5.26. The summed E-state index contributed by atoms with van der Waals surface area (Å²) >= 11 is 0. The zero-order chi connectivity index (χ0) is 22.0. The van der Waals surface area contributed by atoms with Crippen molar-refractivity contribution in [1.29, 1.82) is 0 Å². The van der Waals surface area contributed by atoms with Gasteiger partial charge in [0.1, 0.15) is 17.3 Å². The van der Waals surface area contributed by atoms with E-state index in [9.17, 15) is 14.7 Å². The molecule has 0 saturated carbocycles. The van der Waals surface area contributed by atoms with E-state index < -0.39 is 17.7 Å². The molecule has 4 rings (SSSR count). The number of hydrogen-bond acceptors (Lipinski definition) is 5. The fourth-order valence-electron chi connectivity index (χ4n) is 3.78. The van der Waals surface area contributed by atoms with Gasteiger partial charge >= 0.3 is 0 Å². The maximum Gasteiger partial charge on any atom is 0.300 e. The number of carbonyl (C=O) groups excluding carboxylic acids is 2. The first-order valence-electron chi connectivity index (χ1n) is 9.70. The van der Waals surface area contributed by atoms with E-state index >= 15 is 0 Å². The van der Waals surface area contributed by atoms with Gasteiger partial charge in [-0.3, -0.25) is 14.5 Å². The molecule has 1 aliphatic rings. The quantitative estimate of drug-likeness (QED) is 0.381. The zero-order valence-corrected chi connectivity index (χ0v) is 17.1. The predicted molar refractivity (Wildman–Crippen MR) is 117 cm³/mol. The van der Waals surface area contributed by atoms with E-state index in [-0.39, 0.29) is 11.3 Å². The number of methoxy groups -OCH3 is 2. The van der Waals surface area contributed by atoms with Gasteiger partial charge in [0.05, 0.1) is 25.8 Å². The molecule has 0 radical (unpaired) electrons. The van der Waals surface area contributed by atoms with Crippen LogP contribution in [0.3, 0.4) is 0 Å². The molecule has 0 unspecified atom stereocenters. The van der Waals surface area contributed by atoms with Crippen molar-refractivity contribution in [2.24, 2.45) is 0 Å². The SMILES string of the molecule is COc1ccc([C@H]2C(=C(O)c3ccccc3)C(=O)C(=O)N2c2ccccc2)c(OC)c1. The number of nitrogens with zero attached hydrogens (tertiary/aromatic N) is 1. The first-order valence-corrected chi connectivity index (χ1v) is 9.70. The second kappa shape index (κ2) is 8.36. The summed E-state index contributed by atoms with van der Waals surface area (Å²) in [6.07, 6.45) is 0. The summed E-state index contributed by atoms with van der Waals surface area (Å²) in [5.41, 5.74) is 1.55. The summed E-state index contributed by atoms with van der Waals surface area (Å²) in [5.74, 6) is -0.702. The molecule has 0 bridgehead atoms. The van der Waals surface area contributed by atoms with Crippen LogP contribution in [0.1, 0.15) is 17.2 Å². The molecule has 0 aromatic heterocycles. The molecule has 1 N–H and O–H groups in total. The van der Waals surface area contributed by atoms with Gasteiger partial charge in [0.25, 0.3) is 11.7 Å². The molecule has 1 heterocycles. The summed E-state index contributed by atoms with van der Waals surface area (Å²) in [7, 11) is 3.05. The van der Waals surface area contributed by atoms with Crippen LogP contribution in [0.25, 0.3) is 5.76 Å². The van der Waals surface area contributed by atoms with Crippen LogP contribution in [0.2, 0.25) is 0 Å². The Morgan fingerprint density at radius 1 is 0.871 bits per heavy atom. The van der Waals surface area contributed by atoms with Gasteiger partial charge in [-0.15, -0.1) is 0 Å². The number of amides is 1. The van der Waals surface area contributed by atoms with Gasteiger partial charge in [0.2, 0.25) is 0 Å². The highest BCUT2D eigenvalue weighted by molar-refractivity contribution is 6.51. The molecule has 6 heteroatoms. The van der Waals surface area contributed by atoms with Crippen molar-refractivity contribution in [3.05, 3.63) is 95.6 Å². The largest absolute Gasteiger partial charge is 0.507 e. The fraction of sp³-hybridized carbons (Fsp3) is 0.120. The van der Waals surface area contributed by atoms with E-state index in [1.165, 1.54) is 12.0 Å². The molecule has 1 aliphatic heterocycles. The number of Topliss-reactive ketones (excluding diaryl/α,β-unsaturated/α-hetero) is 1. The molecule has 156 valence electrons. The molecule has 1 saturated heterocycles. The molecule has 0 spiro atoms. The van der Waals surface area contributed by atoms with E-state index in [4.69, 9.17) is 9.47 Å². The highest BCUT2D eigenvalue weighted by Crippen LogP contribution is 2.45. The first kappa shape index (κ1) is 20.2. The van der Waals surface area contributed by atoms with Gasteiger partial charge in [-0.2, -0.15) is 0 Å². The smallest absolute Gasteiger partial charge is 0.300 e. The van der Waals surface area contributed by atoms with Crippen molar-refractivity contribution in [3.63, 3.8) is 0 Å². The van der Waals surface area contributed by atoms with Crippen LogP contribution >= 0.6 is 0 Å². The summed E-state index contributed by atoms with van der Waals surface area (Å²) in [4.78, 5) is 27.6. The number of aliphatic hydroxyl groups excluding tert-OH is 1. The highest BCUT2D eigenvalue weighted by atomic mass is 16.5. The Labute approximate surface area is 180 Å². The van der Waals surface area contributed by atoms with Gasteiger partial charge in [-0.05, 0) is 24.3 Å². The Balaban J connectivity index is 1.99. The number of benzene rings is 3. The summed E-state index contributed by atoms with van der Waals surface area (Å²) in [6, 6.07) is 21.9. The minimum Gasteiger partial charge on any atom is -0.507 e. The maximum atomic E-state index is 13.1. The summed E-state index contributed by atoms with van der Waals surface area (Å²) in [6.45, 7) is 0. The second-order valence-corrected chi connectivity index (χ2v) is 6.98. The van der Waals surface area contributed by atoms with Crippen molar-refractivity contribution in [1.82, 2.24) is 0 Å². The molecular formula is C25H21NO5. The molecule has 1 fully saturated rings. The lowest BCUT2D eigenvalue weighted by molar-refractivity contribution is -0.132. The maximum absolute atomic E-state index is 13.1. The lowest BCUT2D eigenvalue weighted by Gasteiger charge is -2.26. The molecule has 6 nitrogen and oxygen atoms in total. The Morgan fingerprint density at radius 3 is 2.13 bits per heavy atom. The molecule has 1 atom stereocenters. The zero-order valence-electron chi connectivity index (χ0n) is 17.1. The number of hydrogen-bond donors (Lipinski definition) is 1. The normalized spacial score (nSPS) is 17.6. The monoisotopic (exact) mass is 415 g/mol. The van der Waals surface area contributed by atoms with Crippen molar-refractivity contribution in [2.75, 3.05) is 19.1 Å². The lowest BCUT2D eigenvalue weighted by atomic mass is 9.94. The molecule has 0 aliphatic carbocycles. The second-order valence-electron chi connectivity index (χ2n) is 6.98. The molecule has 1 amide bonds. The Morgan fingerprint density at radius 2 is 1.52 bits per heavy atom. The number of aliphatic hydroxyl groups is 1. The Kier molecular flexibility index (Phi) is 5.45. The molecule has 3 aromatic rings. The Bertz CT molecular complexity index is 1160. The van der Waals surface area contributed by atoms with Gasteiger partial charge < -0.3 is 14.6 Å². The highest BCUT2D eigenvalue weighted by Gasteiger charge is 2.47. The number of carbonyl (C=O) groups is 2. The van der Waals surface area contributed by atoms with Crippen LogP contribution < -0.4 is 14.4 Å². The standard InChI is InChI=1S/C25H21NO5/c1-30-18-13-14-19(20(15-18)31-2)22-21(23(27)16-9-5-3-6-10-16)24(28)25(29)26(22)17-11-7-4-8-12-17/h3-15,22,27H,1-2H3/t22-/m0/s1. The van der Waals surface area contributed by atoms with Crippen LogP contribution in [-0.4, -0.2) is 31.0 Å². The van der Waals surface area contributed by atoms with Gasteiger partial charge in [-0.25, -0.2) is 0 Å². The number of ketones is 1. The van der Waals surface area contributed by atoms with Crippen LogP contribution in [0.4, 0.5) is 5.69 Å². The minimum absolute atomic E-state index is 0.00326. The third kappa shape index (κ3) is 3.53. The average molecular weight is 415 g/mol. The minimum atomic E-state index is -0.872. The van der Waals surface area contributed by atoms with Gasteiger partial charge in [0, 0.05) is 22.9 Å². The summed E-state index contributed by atoms with van der Waals surface area (Å²) in [5, 5.41) is 11.1. The topological polar surface area (TPSA) is 76.1 Å². The van der Waals surface area contributed by atoms with Crippen LogP contribution in [0, 0.1) is 0 Å². The van der Waals surface area contributed by atoms with E-state index in [1.54, 1.807) is 73.8 Å². The van der Waals surface area contributed by atoms with E-state index in [1.807, 2.05) is 12.1 Å². The van der Waals surface area contributed by atoms with Crippen LogP contribution in [0.15, 0.2) is 84.4 Å². The summed E-state index contributed by atoms with van der Waals surface area (Å²) < 4.78 is 10.8. The first-order chi connectivity index (χ1) is 15.1. The molecule has 31 heavy (non-hydrogen) atoms. The third-order valence-electron chi connectivity index (χ3n) is 5.26. The van der Waals surface area contributed by atoms with Crippen molar-refractivity contribution >= 4 is 23.1 Å². The van der Waals surface area contributed by atoms with E-state index in [2.05, 4.69) is 0 Å². The molecule has 3 aromatic carbocycles. The van der Waals surface area contributed by atoms with Crippen molar-refractivity contribution < 1.29 is 24.2 Å². The fourth-order valence-corrected chi connectivity index (χ4v) is 3.78. The van der Waals surface area contributed by atoms with Gasteiger partial charge in [0.15, 0.2) is 0 Å². The van der Waals surface area contributed by atoms with E-state index in [0.29, 0.717) is 28.3 Å². The van der Waals surface area contributed by atoms with Crippen molar-refractivity contribution in [3.8, 4) is 11.5 Å². The van der Waals surface area contributed by atoms with Crippen LogP contribution in [0.5, 0.6) is 11.5 Å².